The van der Waals surface area contributed by atoms with E-state index in [1.807, 2.05) is 6.07 Å². The molecule has 2 aliphatic carbocycles. The van der Waals surface area contributed by atoms with Crippen LogP contribution >= 0.6 is 22.9 Å². The lowest BCUT2D eigenvalue weighted by Crippen LogP contribution is -2.37. The molecule has 0 saturated heterocycles. The fourth-order valence-electron chi connectivity index (χ4n) is 3.44. The number of likely N-dealkylation sites (N-methyl/N-ethyl adjacent to an activating group) is 1. The smallest absolute Gasteiger partial charge is 0.0931 e. The Morgan fingerprint density at radius 2 is 2.12 bits per heavy atom. The molecule has 1 aromatic rings. The van der Waals surface area contributed by atoms with Crippen LogP contribution in [0.1, 0.15) is 31.1 Å². The third-order valence-corrected chi connectivity index (χ3v) is 5.62. The van der Waals surface area contributed by atoms with E-state index >= 15 is 0 Å². The van der Waals surface area contributed by atoms with Crippen LogP contribution in [-0.2, 0) is 6.42 Å². The van der Waals surface area contributed by atoms with Crippen LogP contribution in [0.25, 0.3) is 0 Å². The normalized spacial score (nSPS) is 32.5. The van der Waals surface area contributed by atoms with Crippen molar-refractivity contribution >= 4 is 22.9 Å². The molecule has 0 bridgehead atoms. The Labute approximate surface area is 113 Å². The van der Waals surface area contributed by atoms with Crippen molar-refractivity contribution in [3.05, 3.63) is 21.3 Å². The first-order chi connectivity index (χ1) is 8.26. The predicted molar refractivity (Wildman–Crippen MR) is 74.8 cm³/mol. The summed E-state index contributed by atoms with van der Waals surface area (Å²) in [6, 6.07) is 4.88. The maximum Gasteiger partial charge on any atom is 0.0931 e. The highest BCUT2D eigenvalue weighted by Crippen LogP contribution is 2.55. The number of thiophene rings is 1. The van der Waals surface area contributed by atoms with Gasteiger partial charge >= 0.3 is 0 Å². The van der Waals surface area contributed by atoms with Gasteiger partial charge < -0.3 is 5.32 Å². The van der Waals surface area contributed by atoms with Crippen molar-refractivity contribution in [2.75, 3.05) is 6.54 Å². The van der Waals surface area contributed by atoms with E-state index in [0.717, 1.165) is 35.1 Å². The SMILES string of the molecule is CCNC(Cc1ccc(Cl)s1)C1CC2CC2C1. The molecule has 17 heavy (non-hydrogen) atoms. The van der Waals surface area contributed by atoms with Crippen LogP contribution in [-0.4, -0.2) is 12.6 Å². The van der Waals surface area contributed by atoms with E-state index < -0.39 is 0 Å². The van der Waals surface area contributed by atoms with E-state index in [0.29, 0.717) is 6.04 Å². The van der Waals surface area contributed by atoms with Crippen LogP contribution in [0, 0.1) is 17.8 Å². The summed E-state index contributed by atoms with van der Waals surface area (Å²) in [5.41, 5.74) is 0. The molecule has 0 radical (unpaired) electrons. The number of rotatable bonds is 5. The van der Waals surface area contributed by atoms with Crippen molar-refractivity contribution in [2.45, 2.75) is 38.6 Å². The minimum atomic E-state index is 0.669. The van der Waals surface area contributed by atoms with Crippen molar-refractivity contribution in [3.8, 4) is 0 Å². The van der Waals surface area contributed by atoms with Gasteiger partial charge in [-0.15, -0.1) is 11.3 Å². The largest absolute Gasteiger partial charge is 0.314 e. The molecule has 3 atom stereocenters. The first kappa shape index (κ1) is 12.0. The standard InChI is InChI=1S/C14H20ClNS/c1-2-16-13(8-12-3-4-14(15)17-12)11-6-9-5-10(9)7-11/h3-4,9-11,13,16H,2,5-8H2,1H3. The van der Waals surface area contributed by atoms with E-state index in [2.05, 4.69) is 18.3 Å². The molecule has 0 aromatic carbocycles. The molecule has 1 heterocycles. The van der Waals surface area contributed by atoms with E-state index in [1.165, 1.54) is 24.1 Å². The Morgan fingerprint density at radius 3 is 2.71 bits per heavy atom. The van der Waals surface area contributed by atoms with Gasteiger partial charge in [0.1, 0.15) is 0 Å². The molecule has 2 fully saturated rings. The maximum absolute atomic E-state index is 6.01. The summed E-state index contributed by atoms with van der Waals surface area (Å²) >= 11 is 7.75. The Bertz CT molecular complexity index is 379. The second kappa shape index (κ2) is 4.91. The lowest BCUT2D eigenvalue weighted by Gasteiger charge is -2.25. The molecule has 3 heteroatoms. The van der Waals surface area contributed by atoms with Crippen LogP contribution < -0.4 is 5.32 Å². The zero-order valence-electron chi connectivity index (χ0n) is 10.3. The van der Waals surface area contributed by atoms with Gasteiger partial charge in [-0.3, -0.25) is 0 Å². The summed E-state index contributed by atoms with van der Waals surface area (Å²) < 4.78 is 0.921. The monoisotopic (exact) mass is 269 g/mol. The molecule has 0 amide bonds. The Hall–Kier alpha value is -0.0500. The molecule has 0 aliphatic heterocycles. The quantitative estimate of drug-likeness (QED) is 0.853. The highest BCUT2D eigenvalue weighted by Gasteiger charge is 2.47. The Balaban J connectivity index is 1.63. The molecule has 2 saturated carbocycles. The van der Waals surface area contributed by atoms with E-state index in [4.69, 9.17) is 11.6 Å². The Morgan fingerprint density at radius 1 is 1.35 bits per heavy atom. The van der Waals surface area contributed by atoms with Gasteiger partial charge in [-0.1, -0.05) is 18.5 Å². The second-order valence-electron chi connectivity index (χ2n) is 5.56. The van der Waals surface area contributed by atoms with Gasteiger partial charge in [-0.25, -0.2) is 0 Å². The van der Waals surface area contributed by atoms with Gasteiger partial charge in [-0.2, -0.15) is 0 Å². The number of nitrogens with one attached hydrogen (secondary N) is 1. The van der Waals surface area contributed by atoms with Gasteiger partial charge in [0.2, 0.25) is 0 Å². The molecular formula is C14H20ClNS. The third-order valence-electron chi connectivity index (χ3n) is 4.37. The summed E-state index contributed by atoms with van der Waals surface area (Å²) in [5.74, 6) is 3.06. The predicted octanol–water partition coefficient (Wildman–Crippen LogP) is 3.97. The van der Waals surface area contributed by atoms with Gasteiger partial charge in [0.15, 0.2) is 0 Å². The fourth-order valence-corrected chi connectivity index (χ4v) is 4.58. The molecule has 2 aliphatic rings. The lowest BCUT2D eigenvalue weighted by molar-refractivity contribution is 0.338. The molecule has 1 aromatic heterocycles. The second-order valence-corrected chi connectivity index (χ2v) is 7.36. The number of hydrogen-bond acceptors (Lipinski definition) is 2. The molecule has 0 spiro atoms. The molecule has 1 nitrogen and oxygen atoms in total. The van der Waals surface area contributed by atoms with Crippen LogP contribution in [0.4, 0.5) is 0 Å². The number of fused-ring (bicyclic) bond motifs is 1. The van der Waals surface area contributed by atoms with Gasteiger partial charge in [-0.05, 0) is 62.1 Å². The van der Waals surface area contributed by atoms with Crippen molar-refractivity contribution in [1.29, 1.82) is 0 Å². The number of halogens is 1. The van der Waals surface area contributed by atoms with Crippen molar-refractivity contribution in [2.24, 2.45) is 17.8 Å². The summed E-state index contributed by atoms with van der Waals surface area (Å²) in [7, 11) is 0. The molecule has 94 valence electrons. The first-order valence-corrected chi connectivity index (χ1v) is 7.93. The van der Waals surface area contributed by atoms with Gasteiger partial charge in [0, 0.05) is 10.9 Å². The van der Waals surface area contributed by atoms with Gasteiger partial charge in [0.25, 0.3) is 0 Å². The van der Waals surface area contributed by atoms with Crippen molar-refractivity contribution in [1.82, 2.24) is 5.32 Å². The third kappa shape index (κ3) is 2.69. The lowest BCUT2D eigenvalue weighted by atomic mass is 9.91. The van der Waals surface area contributed by atoms with Crippen LogP contribution in [0.2, 0.25) is 4.34 Å². The van der Waals surface area contributed by atoms with Crippen molar-refractivity contribution in [3.63, 3.8) is 0 Å². The summed E-state index contributed by atoms with van der Waals surface area (Å²) in [5, 5.41) is 3.69. The van der Waals surface area contributed by atoms with E-state index in [9.17, 15) is 0 Å². The molecular weight excluding hydrogens is 250 g/mol. The minimum Gasteiger partial charge on any atom is -0.314 e. The zero-order valence-corrected chi connectivity index (χ0v) is 11.9. The van der Waals surface area contributed by atoms with Crippen LogP contribution in [0.15, 0.2) is 12.1 Å². The van der Waals surface area contributed by atoms with Crippen LogP contribution in [0.3, 0.4) is 0 Å². The topological polar surface area (TPSA) is 12.0 Å². The van der Waals surface area contributed by atoms with E-state index in [-0.39, 0.29) is 0 Å². The number of hydrogen-bond donors (Lipinski definition) is 1. The average molecular weight is 270 g/mol. The molecule has 3 rings (SSSR count). The molecule has 3 unspecified atom stereocenters. The molecule has 1 N–H and O–H groups in total. The highest BCUT2D eigenvalue weighted by molar-refractivity contribution is 7.16. The van der Waals surface area contributed by atoms with Gasteiger partial charge in [0.05, 0.1) is 4.34 Å². The minimum absolute atomic E-state index is 0.669. The van der Waals surface area contributed by atoms with E-state index in [1.54, 1.807) is 11.3 Å². The van der Waals surface area contributed by atoms with Crippen LogP contribution in [0.5, 0.6) is 0 Å². The fraction of sp³-hybridized carbons (Fsp3) is 0.714. The first-order valence-electron chi connectivity index (χ1n) is 6.74. The zero-order chi connectivity index (χ0) is 11.8. The maximum atomic E-state index is 6.01. The summed E-state index contributed by atoms with van der Waals surface area (Å²) in [6.45, 7) is 3.29. The highest BCUT2D eigenvalue weighted by atomic mass is 35.5. The Kier molecular flexibility index (Phi) is 3.47. The summed E-state index contributed by atoms with van der Waals surface area (Å²) in [6.07, 6.45) is 5.60. The van der Waals surface area contributed by atoms with Crippen molar-refractivity contribution < 1.29 is 0 Å². The average Bonchev–Trinajstić information content (AvgIpc) is 2.73. The summed E-state index contributed by atoms with van der Waals surface area (Å²) in [4.78, 5) is 1.43.